The average Bonchev–Trinajstić information content (AvgIpc) is 2.81. The van der Waals surface area contributed by atoms with Crippen molar-refractivity contribution >= 4 is 16.9 Å². The molecular weight excluding hydrogens is 244 g/mol. The van der Waals surface area contributed by atoms with Crippen molar-refractivity contribution in [2.75, 3.05) is 19.5 Å². The molecule has 1 N–H and O–H groups in total. The molecule has 3 nitrogen and oxygen atoms in total. The van der Waals surface area contributed by atoms with E-state index in [2.05, 4.69) is 5.32 Å². The van der Waals surface area contributed by atoms with E-state index in [0.717, 1.165) is 42.5 Å². The number of methoxy groups -OCH3 is 1. The highest BCUT2D eigenvalue weighted by Crippen LogP contribution is 2.67. The molecular formula is C14H22N2OS. The summed E-state index contributed by atoms with van der Waals surface area (Å²) in [7, 11) is 1.78. The van der Waals surface area contributed by atoms with Gasteiger partial charge < -0.3 is 10.1 Å². The fraction of sp³-hybridized carbons (Fsp3) is 0.929. The molecule has 0 aromatic rings. The summed E-state index contributed by atoms with van der Waals surface area (Å²) >= 11 is 1.91. The minimum Gasteiger partial charge on any atom is -0.385 e. The van der Waals surface area contributed by atoms with Crippen molar-refractivity contribution in [3.8, 4) is 0 Å². The Kier molecular flexibility index (Phi) is 2.84. The first kappa shape index (κ1) is 11.6. The van der Waals surface area contributed by atoms with Crippen LogP contribution in [0.4, 0.5) is 0 Å². The Bertz CT molecular complexity index is 357. The molecule has 1 saturated heterocycles. The fourth-order valence-electron chi connectivity index (χ4n) is 4.51. The van der Waals surface area contributed by atoms with Crippen LogP contribution in [-0.2, 0) is 4.74 Å². The van der Waals surface area contributed by atoms with Gasteiger partial charge in [0.1, 0.15) is 0 Å². The van der Waals surface area contributed by atoms with Gasteiger partial charge in [-0.3, -0.25) is 4.99 Å². The minimum atomic E-state index is 0.573. The average molecular weight is 266 g/mol. The lowest BCUT2D eigenvalue weighted by atomic mass is 10.0. The molecule has 100 valence electrons. The number of nitrogens with zero attached hydrogens (tertiary/aromatic N) is 1. The minimum absolute atomic E-state index is 0.573. The van der Waals surface area contributed by atoms with Crippen molar-refractivity contribution in [3.63, 3.8) is 0 Å². The van der Waals surface area contributed by atoms with Gasteiger partial charge in [0.25, 0.3) is 0 Å². The van der Waals surface area contributed by atoms with Crippen LogP contribution in [0.25, 0.3) is 0 Å². The van der Waals surface area contributed by atoms with Gasteiger partial charge in [-0.1, -0.05) is 11.8 Å². The summed E-state index contributed by atoms with van der Waals surface area (Å²) in [5, 5.41) is 4.79. The lowest BCUT2D eigenvalue weighted by molar-refractivity contribution is 0.188. The van der Waals surface area contributed by atoms with Crippen LogP contribution in [0.3, 0.4) is 0 Å². The standard InChI is InChI=1S/C14H22N2OS/c1-17-5-4-10-7-18-14(15-10)16-13-11-8-2-3-9(6-8)12(11)13/h8-13H,2-7H2,1H3,(H,15,16). The van der Waals surface area contributed by atoms with E-state index in [1.807, 2.05) is 11.8 Å². The number of amidine groups is 1. The lowest BCUT2D eigenvalue weighted by Crippen LogP contribution is -2.28. The van der Waals surface area contributed by atoms with Crippen LogP contribution < -0.4 is 5.32 Å². The number of hydrogen-bond acceptors (Lipinski definition) is 3. The molecule has 0 radical (unpaired) electrons. The number of thioether (sulfide) groups is 1. The highest BCUT2D eigenvalue weighted by Gasteiger charge is 2.65. The molecule has 0 spiro atoms. The first-order chi connectivity index (χ1) is 8.86. The highest BCUT2D eigenvalue weighted by molar-refractivity contribution is 8.14. The largest absolute Gasteiger partial charge is 0.385 e. The van der Waals surface area contributed by atoms with E-state index in [1.54, 1.807) is 7.11 Å². The summed E-state index contributed by atoms with van der Waals surface area (Å²) < 4.78 is 5.14. The van der Waals surface area contributed by atoms with Gasteiger partial charge in [-0.2, -0.15) is 0 Å². The van der Waals surface area contributed by atoms with Crippen molar-refractivity contribution in [1.29, 1.82) is 0 Å². The Morgan fingerprint density at radius 1 is 1.33 bits per heavy atom. The number of hydrogen-bond donors (Lipinski definition) is 1. The Morgan fingerprint density at radius 3 is 2.83 bits per heavy atom. The van der Waals surface area contributed by atoms with Crippen molar-refractivity contribution < 1.29 is 4.74 Å². The van der Waals surface area contributed by atoms with Gasteiger partial charge >= 0.3 is 0 Å². The predicted octanol–water partition coefficient (Wildman–Crippen LogP) is 2.13. The molecule has 1 heterocycles. The van der Waals surface area contributed by atoms with Crippen LogP contribution in [0.2, 0.25) is 0 Å². The maximum atomic E-state index is 5.14. The molecule has 0 amide bonds. The maximum Gasteiger partial charge on any atom is 0.157 e. The Hall–Kier alpha value is -0.220. The van der Waals surface area contributed by atoms with Gasteiger partial charge in [-0.15, -0.1) is 0 Å². The summed E-state index contributed by atoms with van der Waals surface area (Å²) in [6.07, 6.45) is 5.60. The molecule has 3 saturated carbocycles. The van der Waals surface area contributed by atoms with E-state index in [0.29, 0.717) is 12.1 Å². The molecule has 4 heteroatoms. The zero-order valence-electron chi connectivity index (χ0n) is 11.0. The van der Waals surface area contributed by atoms with Crippen LogP contribution in [0, 0.1) is 23.7 Å². The third-order valence-electron chi connectivity index (χ3n) is 5.38. The second-order valence-corrected chi connectivity index (χ2v) is 7.36. The number of rotatable bonds is 4. The molecule has 4 aliphatic rings. The van der Waals surface area contributed by atoms with Crippen LogP contribution in [0.15, 0.2) is 4.99 Å². The summed E-state index contributed by atoms with van der Waals surface area (Å²) in [5.74, 6) is 5.17. The van der Waals surface area contributed by atoms with Gasteiger partial charge in [0, 0.05) is 25.5 Å². The number of nitrogens with one attached hydrogen (secondary N) is 1. The normalized spacial score (nSPS) is 50.6. The summed E-state index contributed by atoms with van der Waals surface area (Å²) in [6, 6.07) is 1.26. The highest BCUT2D eigenvalue weighted by atomic mass is 32.2. The van der Waals surface area contributed by atoms with Crippen LogP contribution in [0.1, 0.15) is 25.7 Å². The number of aliphatic imine (C=N–C) groups is 1. The van der Waals surface area contributed by atoms with Crippen molar-refractivity contribution in [2.45, 2.75) is 37.8 Å². The van der Waals surface area contributed by atoms with E-state index in [-0.39, 0.29) is 0 Å². The fourth-order valence-corrected chi connectivity index (χ4v) is 5.57. The first-order valence-electron chi connectivity index (χ1n) is 7.33. The van der Waals surface area contributed by atoms with Crippen LogP contribution in [0.5, 0.6) is 0 Å². The second kappa shape index (κ2) is 4.41. The van der Waals surface area contributed by atoms with E-state index < -0.39 is 0 Å². The Balaban J connectivity index is 1.34. The van der Waals surface area contributed by atoms with Gasteiger partial charge in [-0.05, 0) is 49.4 Å². The van der Waals surface area contributed by atoms with E-state index in [9.17, 15) is 0 Å². The monoisotopic (exact) mass is 266 g/mol. The van der Waals surface area contributed by atoms with Gasteiger partial charge in [0.2, 0.25) is 0 Å². The smallest absolute Gasteiger partial charge is 0.157 e. The first-order valence-corrected chi connectivity index (χ1v) is 8.31. The molecule has 0 aromatic heterocycles. The van der Waals surface area contributed by atoms with Crippen molar-refractivity contribution in [2.24, 2.45) is 28.7 Å². The predicted molar refractivity (Wildman–Crippen MR) is 74.9 cm³/mol. The van der Waals surface area contributed by atoms with E-state index >= 15 is 0 Å². The van der Waals surface area contributed by atoms with Crippen molar-refractivity contribution in [1.82, 2.24) is 5.32 Å². The van der Waals surface area contributed by atoms with Crippen molar-refractivity contribution in [3.05, 3.63) is 0 Å². The van der Waals surface area contributed by atoms with Crippen LogP contribution in [-0.4, -0.2) is 36.7 Å². The zero-order valence-corrected chi connectivity index (χ0v) is 11.8. The Morgan fingerprint density at radius 2 is 2.11 bits per heavy atom. The number of fused-ring (bicyclic) bond motifs is 5. The van der Waals surface area contributed by atoms with E-state index in [4.69, 9.17) is 9.73 Å². The lowest BCUT2D eigenvalue weighted by Gasteiger charge is -2.09. The molecule has 5 unspecified atom stereocenters. The molecule has 2 bridgehead atoms. The second-order valence-electron chi connectivity index (χ2n) is 6.35. The molecule has 0 aromatic carbocycles. The maximum absolute atomic E-state index is 5.14. The zero-order chi connectivity index (χ0) is 12.1. The van der Waals surface area contributed by atoms with E-state index in [1.165, 1.54) is 24.4 Å². The summed E-state index contributed by atoms with van der Waals surface area (Å²) in [6.45, 7) is 0.852. The molecule has 1 aliphatic heterocycles. The molecule has 18 heavy (non-hydrogen) atoms. The Labute approximate surface area is 113 Å². The third-order valence-corrected chi connectivity index (χ3v) is 6.45. The van der Waals surface area contributed by atoms with Gasteiger partial charge in [-0.25, -0.2) is 0 Å². The summed E-state index contributed by atoms with van der Waals surface area (Å²) in [4.78, 5) is 5.00. The van der Waals surface area contributed by atoms with Gasteiger partial charge in [0.05, 0.1) is 6.04 Å². The van der Waals surface area contributed by atoms with Gasteiger partial charge in [0.15, 0.2) is 5.17 Å². The third kappa shape index (κ3) is 1.80. The quantitative estimate of drug-likeness (QED) is 0.846. The molecule has 4 rings (SSSR count). The molecule has 3 aliphatic carbocycles. The SMILES string of the molecule is COCCC1CSC(=NC2C3C4CCC(C4)C23)N1. The van der Waals surface area contributed by atoms with Crippen LogP contribution >= 0.6 is 11.8 Å². The number of ether oxygens (including phenoxy) is 1. The molecule has 5 atom stereocenters. The topological polar surface area (TPSA) is 33.6 Å². The molecule has 4 fully saturated rings. The summed E-state index contributed by atoms with van der Waals surface area (Å²) in [5.41, 5.74) is 0.